The number of phenols is 1. The number of nitrogens with two attached hydrogens (primary N) is 1. The predicted molar refractivity (Wildman–Crippen MR) is 108 cm³/mol. The van der Waals surface area contributed by atoms with E-state index in [-0.39, 0.29) is 17.5 Å². The molecule has 4 rings (SSSR count). The van der Waals surface area contributed by atoms with E-state index in [1.54, 1.807) is 12.1 Å². The summed E-state index contributed by atoms with van der Waals surface area (Å²) < 4.78 is 5.98. The number of pyridine rings is 1. The quantitative estimate of drug-likeness (QED) is 0.827. The fourth-order valence-corrected chi connectivity index (χ4v) is 3.97. The van der Waals surface area contributed by atoms with Crippen molar-refractivity contribution in [1.29, 1.82) is 5.26 Å². The summed E-state index contributed by atoms with van der Waals surface area (Å²) in [4.78, 5) is 6.73. The number of nitrogen functional groups attached to an aromatic ring is 1. The van der Waals surface area contributed by atoms with Crippen LogP contribution >= 0.6 is 0 Å². The number of hydrogen-bond donors (Lipinski definition) is 2. The van der Waals surface area contributed by atoms with Crippen LogP contribution in [0.4, 0.5) is 5.82 Å². The van der Waals surface area contributed by atoms with Crippen molar-refractivity contribution in [3.8, 4) is 28.8 Å². The summed E-state index contributed by atoms with van der Waals surface area (Å²) in [6, 6.07) is 9.39. The lowest BCUT2D eigenvalue weighted by Gasteiger charge is -2.30. The highest BCUT2D eigenvalue weighted by Gasteiger charge is 2.26. The van der Waals surface area contributed by atoms with E-state index in [0.717, 1.165) is 31.5 Å². The van der Waals surface area contributed by atoms with E-state index >= 15 is 0 Å². The smallest absolute Gasteiger partial charge is 0.142 e. The Labute approximate surface area is 165 Å². The van der Waals surface area contributed by atoms with Crippen molar-refractivity contribution >= 4 is 5.82 Å². The molecule has 2 aromatic rings. The van der Waals surface area contributed by atoms with Crippen molar-refractivity contribution in [2.45, 2.75) is 31.6 Å². The molecule has 1 unspecified atom stereocenters. The standard InChI is InChI=1S/C22H26N4O2/c1-26-9-3-4-15(12-26)16-10-18(25-22(24)17(16)11-23)21-19(27)5-2-6-20(21)28-13-14-7-8-14/h2,5-6,10,14-15,27H,3-4,7-9,12-13H2,1H3,(H2,24,25). The number of aromatic hydroxyl groups is 1. The van der Waals surface area contributed by atoms with Crippen LogP contribution in [0.15, 0.2) is 24.3 Å². The Kier molecular flexibility index (Phi) is 5.10. The second kappa shape index (κ2) is 7.69. The predicted octanol–water partition coefficient (Wildman–Crippen LogP) is 3.51. The van der Waals surface area contributed by atoms with Gasteiger partial charge < -0.3 is 20.5 Å². The molecule has 2 fully saturated rings. The first-order chi connectivity index (χ1) is 13.6. The highest BCUT2D eigenvalue weighted by Crippen LogP contribution is 2.41. The lowest BCUT2D eigenvalue weighted by molar-refractivity contribution is 0.250. The first-order valence-electron chi connectivity index (χ1n) is 9.91. The Morgan fingerprint density at radius 3 is 2.89 bits per heavy atom. The third kappa shape index (κ3) is 3.76. The van der Waals surface area contributed by atoms with Gasteiger partial charge in [-0.3, -0.25) is 0 Å². The van der Waals surface area contributed by atoms with Gasteiger partial charge in [0.25, 0.3) is 0 Å². The number of aromatic nitrogens is 1. The molecule has 1 aliphatic heterocycles. The van der Waals surface area contributed by atoms with Gasteiger partial charge in [0.2, 0.25) is 0 Å². The summed E-state index contributed by atoms with van der Waals surface area (Å²) in [6.45, 7) is 2.58. The molecule has 3 N–H and O–H groups in total. The highest BCUT2D eigenvalue weighted by molar-refractivity contribution is 5.76. The van der Waals surface area contributed by atoms with Gasteiger partial charge in [-0.2, -0.15) is 5.26 Å². The molecule has 1 aromatic carbocycles. The van der Waals surface area contributed by atoms with Crippen molar-refractivity contribution in [3.63, 3.8) is 0 Å². The molecule has 6 nitrogen and oxygen atoms in total. The summed E-state index contributed by atoms with van der Waals surface area (Å²) in [5.41, 5.74) is 8.63. The third-order valence-electron chi connectivity index (χ3n) is 5.69. The Hall–Kier alpha value is -2.78. The van der Waals surface area contributed by atoms with Gasteiger partial charge >= 0.3 is 0 Å². The number of rotatable bonds is 5. The van der Waals surface area contributed by atoms with Crippen LogP contribution in [-0.4, -0.2) is 41.7 Å². The Bertz CT molecular complexity index is 917. The van der Waals surface area contributed by atoms with Crippen molar-refractivity contribution in [3.05, 3.63) is 35.4 Å². The van der Waals surface area contributed by atoms with Gasteiger partial charge in [-0.25, -0.2) is 4.98 Å². The number of likely N-dealkylation sites (tertiary alicyclic amines) is 1. The molecule has 2 aliphatic rings. The Morgan fingerprint density at radius 1 is 1.36 bits per heavy atom. The van der Waals surface area contributed by atoms with Crippen LogP contribution < -0.4 is 10.5 Å². The summed E-state index contributed by atoms with van der Waals surface area (Å²) in [7, 11) is 2.09. The summed E-state index contributed by atoms with van der Waals surface area (Å²) >= 11 is 0. The zero-order chi connectivity index (χ0) is 19.7. The molecular weight excluding hydrogens is 352 g/mol. The molecule has 6 heteroatoms. The number of anilines is 1. The molecule has 146 valence electrons. The molecule has 1 saturated heterocycles. The van der Waals surface area contributed by atoms with Gasteiger partial charge in [-0.1, -0.05) is 6.07 Å². The van der Waals surface area contributed by atoms with Crippen molar-refractivity contribution in [2.24, 2.45) is 5.92 Å². The zero-order valence-electron chi connectivity index (χ0n) is 16.2. The van der Waals surface area contributed by atoms with E-state index in [1.165, 1.54) is 12.8 Å². The normalized spacial score (nSPS) is 19.9. The van der Waals surface area contributed by atoms with Crippen molar-refractivity contribution < 1.29 is 9.84 Å². The second-order valence-electron chi connectivity index (χ2n) is 7.97. The second-order valence-corrected chi connectivity index (χ2v) is 7.97. The van der Waals surface area contributed by atoms with Crippen LogP contribution in [0.1, 0.15) is 42.7 Å². The minimum atomic E-state index is 0.108. The first kappa shape index (κ1) is 18.6. The van der Waals surface area contributed by atoms with Crippen molar-refractivity contribution in [1.82, 2.24) is 9.88 Å². The highest BCUT2D eigenvalue weighted by atomic mass is 16.5. The zero-order valence-corrected chi connectivity index (χ0v) is 16.2. The van der Waals surface area contributed by atoms with E-state index < -0.39 is 0 Å². The van der Waals surface area contributed by atoms with Gasteiger partial charge in [0.15, 0.2) is 0 Å². The minimum absolute atomic E-state index is 0.108. The van der Waals surface area contributed by atoms with Crippen LogP contribution in [0.3, 0.4) is 0 Å². The summed E-state index contributed by atoms with van der Waals surface area (Å²) in [5, 5.41) is 20.2. The number of hydrogen-bond acceptors (Lipinski definition) is 6. The Balaban J connectivity index is 1.77. The van der Waals surface area contributed by atoms with E-state index in [2.05, 4.69) is 23.0 Å². The van der Waals surface area contributed by atoms with Crippen LogP contribution in [0.2, 0.25) is 0 Å². The van der Waals surface area contributed by atoms with Crippen LogP contribution in [0.5, 0.6) is 11.5 Å². The van der Waals surface area contributed by atoms with E-state index in [0.29, 0.717) is 35.1 Å². The molecule has 0 bridgehead atoms. The molecule has 1 saturated carbocycles. The van der Waals surface area contributed by atoms with E-state index in [9.17, 15) is 10.4 Å². The fraction of sp³-hybridized carbons (Fsp3) is 0.455. The number of nitriles is 1. The average Bonchev–Trinajstić information content (AvgIpc) is 3.50. The minimum Gasteiger partial charge on any atom is -0.507 e. The van der Waals surface area contributed by atoms with Crippen LogP contribution in [-0.2, 0) is 0 Å². The number of piperidine rings is 1. The molecule has 1 atom stereocenters. The monoisotopic (exact) mass is 378 g/mol. The number of nitrogens with zero attached hydrogens (tertiary/aromatic N) is 3. The third-order valence-corrected chi connectivity index (χ3v) is 5.69. The van der Waals surface area contributed by atoms with Gasteiger partial charge in [-0.05, 0) is 74.9 Å². The number of ether oxygens (including phenoxy) is 1. The summed E-state index contributed by atoms with van der Waals surface area (Å²) in [5.74, 6) is 1.74. The van der Waals surface area contributed by atoms with Gasteiger partial charge in [-0.15, -0.1) is 0 Å². The first-order valence-corrected chi connectivity index (χ1v) is 9.91. The van der Waals surface area contributed by atoms with E-state index in [1.807, 2.05) is 12.1 Å². The molecule has 0 amide bonds. The Morgan fingerprint density at radius 2 is 2.18 bits per heavy atom. The lowest BCUT2D eigenvalue weighted by Crippen LogP contribution is -2.31. The molecule has 0 spiro atoms. The van der Waals surface area contributed by atoms with Gasteiger partial charge in [0.1, 0.15) is 23.4 Å². The van der Waals surface area contributed by atoms with Crippen LogP contribution in [0.25, 0.3) is 11.3 Å². The maximum Gasteiger partial charge on any atom is 0.142 e. The molecule has 28 heavy (non-hydrogen) atoms. The summed E-state index contributed by atoms with van der Waals surface area (Å²) in [6.07, 6.45) is 4.47. The topological polar surface area (TPSA) is 95.4 Å². The van der Waals surface area contributed by atoms with Gasteiger partial charge in [0.05, 0.1) is 23.4 Å². The molecule has 1 aromatic heterocycles. The SMILES string of the molecule is CN1CCCC(c2cc(-c3c(O)cccc3OCC3CC3)nc(N)c2C#N)C1. The van der Waals surface area contributed by atoms with E-state index in [4.69, 9.17) is 10.5 Å². The van der Waals surface area contributed by atoms with Gasteiger partial charge in [0, 0.05) is 6.54 Å². The maximum atomic E-state index is 10.6. The molecular formula is C22H26N4O2. The maximum absolute atomic E-state index is 10.6. The average molecular weight is 378 g/mol. The number of likely N-dealkylation sites (N-methyl/N-ethyl adjacent to an activating group) is 1. The lowest BCUT2D eigenvalue weighted by atomic mass is 9.87. The molecule has 1 aliphatic carbocycles. The molecule has 2 heterocycles. The fourth-order valence-electron chi connectivity index (χ4n) is 3.97. The number of phenolic OH excluding ortho intramolecular Hbond substituents is 1. The molecule has 0 radical (unpaired) electrons. The van der Waals surface area contributed by atoms with Crippen LogP contribution in [0, 0.1) is 17.2 Å². The largest absolute Gasteiger partial charge is 0.507 e. The van der Waals surface area contributed by atoms with Crippen molar-refractivity contribution in [2.75, 3.05) is 32.5 Å². The number of benzene rings is 1.